The third-order valence-electron chi connectivity index (χ3n) is 3.13. The maximum atomic E-state index is 11.7. The summed E-state index contributed by atoms with van der Waals surface area (Å²) in [6.07, 6.45) is 0.103. The predicted octanol–water partition coefficient (Wildman–Crippen LogP) is 1.07. The third kappa shape index (κ3) is 2.40. The Bertz CT molecular complexity index is 570. The molecule has 7 heteroatoms. The molecule has 0 radical (unpaired) electrons. The fourth-order valence-electron chi connectivity index (χ4n) is 1.98. The number of benzene rings is 1. The van der Waals surface area contributed by atoms with Crippen molar-refractivity contribution in [2.75, 3.05) is 12.4 Å². The Labute approximate surface area is 109 Å². The number of likely N-dealkylation sites (tertiary alicyclic amines) is 1. The van der Waals surface area contributed by atoms with Gasteiger partial charge in [0.05, 0.1) is 11.3 Å². The lowest BCUT2D eigenvalue weighted by molar-refractivity contribution is -0.384. The largest absolute Gasteiger partial charge is 0.373 e. The number of aryl methyl sites for hydroxylation is 1. The number of carbonyl (C=O) groups excluding carboxylic acids is 2. The first kappa shape index (κ1) is 13.0. The Morgan fingerprint density at radius 3 is 2.58 bits per heavy atom. The van der Waals surface area contributed by atoms with Crippen LogP contribution < -0.4 is 5.32 Å². The van der Waals surface area contributed by atoms with E-state index >= 15 is 0 Å². The number of anilines is 1. The number of likely N-dealkylation sites (N-methyl/N-ethyl adjacent to an activating group) is 1. The minimum atomic E-state index is -0.599. The van der Waals surface area contributed by atoms with E-state index in [-0.39, 0.29) is 23.9 Å². The number of nitrogens with zero attached hydrogens (tertiary/aromatic N) is 2. The number of nitro groups is 1. The van der Waals surface area contributed by atoms with Crippen molar-refractivity contribution < 1.29 is 14.5 Å². The summed E-state index contributed by atoms with van der Waals surface area (Å²) < 4.78 is 0. The van der Waals surface area contributed by atoms with Gasteiger partial charge >= 0.3 is 0 Å². The van der Waals surface area contributed by atoms with Crippen molar-refractivity contribution in [1.82, 2.24) is 4.90 Å². The number of hydrogen-bond acceptors (Lipinski definition) is 5. The minimum absolute atomic E-state index is 0.00556. The molecule has 1 saturated heterocycles. The van der Waals surface area contributed by atoms with Crippen LogP contribution in [0.15, 0.2) is 18.2 Å². The molecule has 0 aromatic heterocycles. The van der Waals surface area contributed by atoms with Gasteiger partial charge in [-0.3, -0.25) is 24.6 Å². The van der Waals surface area contributed by atoms with E-state index in [9.17, 15) is 19.7 Å². The molecule has 0 spiro atoms. The van der Waals surface area contributed by atoms with Crippen LogP contribution in [-0.4, -0.2) is 34.7 Å². The van der Waals surface area contributed by atoms with Gasteiger partial charge in [0.2, 0.25) is 5.91 Å². The van der Waals surface area contributed by atoms with Crippen LogP contribution >= 0.6 is 0 Å². The summed E-state index contributed by atoms with van der Waals surface area (Å²) in [5.74, 6) is -0.523. The van der Waals surface area contributed by atoms with E-state index in [4.69, 9.17) is 0 Å². The second-order valence-electron chi connectivity index (χ2n) is 4.45. The summed E-state index contributed by atoms with van der Waals surface area (Å²) in [7, 11) is 1.44. The summed E-state index contributed by atoms with van der Waals surface area (Å²) in [4.78, 5) is 34.4. The van der Waals surface area contributed by atoms with Gasteiger partial charge in [-0.2, -0.15) is 0 Å². The van der Waals surface area contributed by atoms with Crippen molar-refractivity contribution in [1.29, 1.82) is 0 Å². The van der Waals surface area contributed by atoms with E-state index in [0.717, 1.165) is 4.90 Å². The first-order valence-corrected chi connectivity index (χ1v) is 5.72. The molecule has 1 N–H and O–H groups in total. The number of nitro benzene ring substituents is 1. The molecule has 0 saturated carbocycles. The third-order valence-corrected chi connectivity index (χ3v) is 3.13. The Kier molecular flexibility index (Phi) is 3.20. The van der Waals surface area contributed by atoms with Gasteiger partial charge in [-0.25, -0.2) is 0 Å². The van der Waals surface area contributed by atoms with Crippen molar-refractivity contribution in [3.05, 3.63) is 33.9 Å². The molecule has 1 heterocycles. The van der Waals surface area contributed by atoms with Crippen molar-refractivity contribution in [2.24, 2.45) is 0 Å². The number of amides is 2. The molecule has 1 atom stereocenters. The molecule has 2 rings (SSSR count). The average molecular weight is 263 g/mol. The monoisotopic (exact) mass is 263 g/mol. The number of imide groups is 1. The summed E-state index contributed by atoms with van der Waals surface area (Å²) >= 11 is 0. The molecule has 1 aliphatic rings. The van der Waals surface area contributed by atoms with Gasteiger partial charge in [0, 0.05) is 24.9 Å². The average Bonchev–Trinajstić information content (AvgIpc) is 2.59. The van der Waals surface area contributed by atoms with Gasteiger partial charge < -0.3 is 5.32 Å². The van der Waals surface area contributed by atoms with E-state index in [1.807, 2.05) is 0 Å². The topological polar surface area (TPSA) is 92.6 Å². The van der Waals surface area contributed by atoms with Crippen molar-refractivity contribution in [3.8, 4) is 0 Å². The smallest absolute Gasteiger partial charge is 0.269 e. The summed E-state index contributed by atoms with van der Waals surface area (Å²) in [5, 5.41) is 13.6. The SMILES string of the molecule is Cc1cc([N+](=O)[O-])ccc1NC1CC(=O)N(C)C1=O. The molecule has 1 aliphatic heterocycles. The van der Waals surface area contributed by atoms with Crippen molar-refractivity contribution >= 4 is 23.2 Å². The lowest BCUT2D eigenvalue weighted by Crippen LogP contribution is -2.31. The van der Waals surface area contributed by atoms with Crippen LogP contribution in [0.3, 0.4) is 0 Å². The Hall–Kier alpha value is -2.44. The standard InChI is InChI=1S/C12H13N3O4/c1-7-5-8(15(18)19)3-4-9(7)13-10-6-11(16)14(2)12(10)17/h3-5,10,13H,6H2,1-2H3. The van der Waals surface area contributed by atoms with Crippen LogP contribution in [0.2, 0.25) is 0 Å². The fraction of sp³-hybridized carbons (Fsp3) is 0.333. The second-order valence-corrected chi connectivity index (χ2v) is 4.45. The highest BCUT2D eigenvalue weighted by Gasteiger charge is 2.36. The van der Waals surface area contributed by atoms with Gasteiger partial charge in [0.15, 0.2) is 0 Å². The number of rotatable bonds is 3. The molecule has 1 fully saturated rings. The minimum Gasteiger partial charge on any atom is -0.373 e. The van der Waals surface area contributed by atoms with Gasteiger partial charge in [0.25, 0.3) is 11.6 Å². The quantitative estimate of drug-likeness (QED) is 0.500. The van der Waals surface area contributed by atoms with E-state index in [2.05, 4.69) is 5.32 Å². The van der Waals surface area contributed by atoms with Crippen molar-refractivity contribution in [2.45, 2.75) is 19.4 Å². The zero-order valence-corrected chi connectivity index (χ0v) is 10.5. The molecule has 0 bridgehead atoms. The van der Waals surface area contributed by atoms with Crippen molar-refractivity contribution in [3.63, 3.8) is 0 Å². The highest BCUT2D eigenvalue weighted by molar-refractivity contribution is 6.06. The molecular formula is C12H13N3O4. The van der Waals surface area contributed by atoms with Crippen LogP contribution in [0.1, 0.15) is 12.0 Å². The number of non-ortho nitro benzene ring substituents is 1. The Morgan fingerprint density at radius 2 is 2.11 bits per heavy atom. The van der Waals surface area contributed by atoms with Crippen LogP contribution in [-0.2, 0) is 9.59 Å². The second kappa shape index (κ2) is 4.68. The molecule has 1 unspecified atom stereocenters. The first-order valence-electron chi connectivity index (χ1n) is 5.72. The molecule has 1 aromatic carbocycles. The van der Waals surface area contributed by atoms with E-state index in [0.29, 0.717) is 11.3 Å². The number of carbonyl (C=O) groups is 2. The van der Waals surface area contributed by atoms with E-state index in [1.54, 1.807) is 13.0 Å². The van der Waals surface area contributed by atoms with Crippen LogP contribution in [0.25, 0.3) is 0 Å². The van der Waals surface area contributed by atoms with Gasteiger partial charge in [-0.1, -0.05) is 0 Å². The lowest BCUT2D eigenvalue weighted by atomic mass is 10.1. The molecule has 100 valence electrons. The fourth-order valence-corrected chi connectivity index (χ4v) is 1.98. The van der Waals surface area contributed by atoms with E-state index in [1.165, 1.54) is 19.2 Å². The highest BCUT2D eigenvalue weighted by Crippen LogP contribution is 2.24. The van der Waals surface area contributed by atoms with Gasteiger partial charge in [0.1, 0.15) is 6.04 Å². The maximum absolute atomic E-state index is 11.7. The maximum Gasteiger partial charge on any atom is 0.269 e. The van der Waals surface area contributed by atoms with Gasteiger partial charge in [-0.15, -0.1) is 0 Å². The Morgan fingerprint density at radius 1 is 1.42 bits per heavy atom. The van der Waals surface area contributed by atoms with Gasteiger partial charge in [-0.05, 0) is 18.6 Å². The molecule has 2 amide bonds. The molecular weight excluding hydrogens is 250 g/mol. The zero-order chi connectivity index (χ0) is 14.2. The van der Waals surface area contributed by atoms with Crippen LogP contribution in [0, 0.1) is 17.0 Å². The number of hydrogen-bond donors (Lipinski definition) is 1. The Balaban J connectivity index is 2.19. The van der Waals surface area contributed by atoms with Crippen LogP contribution in [0.4, 0.5) is 11.4 Å². The summed E-state index contributed by atoms with van der Waals surface area (Å²) in [6, 6.07) is 3.73. The lowest BCUT2D eigenvalue weighted by Gasteiger charge is -2.14. The predicted molar refractivity (Wildman–Crippen MR) is 67.6 cm³/mol. The van der Waals surface area contributed by atoms with E-state index < -0.39 is 11.0 Å². The molecule has 19 heavy (non-hydrogen) atoms. The normalized spacial score (nSPS) is 18.8. The van der Waals surface area contributed by atoms with Crippen LogP contribution in [0.5, 0.6) is 0 Å². The molecule has 1 aromatic rings. The highest BCUT2D eigenvalue weighted by atomic mass is 16.6. The molecule has 7 nitrogen and oxygen atoms in total. The first-order chi connectivity index (χ1) is 8.90. The zero-order valence-electron chi connectivity index (χ0n) is 10.5. The summed E-state index contributed by atoms with van der Waals surface area (Å²) in [6.45, 7) is 1.71. The number of nitrogens with one attached hydrogen (secondary N) is 1. The summed E-state index contributed by atoms with van der Waals surface area (Å²) in [5.41, 5.74) is 1.27. The molecule has 0 aliphatic carbocycles.